The van der Waals surface area contributed by atoms with Crippen LogP contribution in [0.1, 0.15) is 0 Å². The van der Waals surface area contributed by atoms with Gasteiger partial charge in [0.2, 0.25) is 0 Å². The van der Waals surface area contributed by atoms with Crippen molar-refractivity contribution >= 4 is 5.69 Å². The average molecular weight is 128 g/mol. The summed E-state index contributed by atoms with van der Waals surface area (Å²) in [6, 6.07) is 0. The van der Waals surface area contributed by atoms with Crippen LogP contribution < -0.4 is 5.73 Å². The fourth-order valence-corrected chi connectivity index (χ4v) is 0.435. The van der Waals surface area contributed by atoms with E-state index in [4.69, 9.17) is 10.8 Å². The molecule has 0 aliphatic rings. The molecule has 0 spiro atoms. The lowest BCUT2D eigenvalue weighted by atomic mass is 10.4. The summed E-state index contributed by atoms with van der Waals surface area (Å²) in [6.07, 6.45) is 2.02. The van der Waals surface area contributed by atoms with Gasteiger partial charge >= 0.3 is 0 Å². The largest absolute Gasteiger partial charge is 0.504 e. The summed E-state index contributed by atoms with van der Waals surface area (Å²) in [7, 11) is 0. The summed E-state index contributed by atoms with van der Waals surface area (Å²) in [5.74, 6) is -1.02. The lowest BCUT2D eigenvalue weighted by Gasteiger charge is -1.95. The minimum absolute atomic E-state index is 0.259. The number of halogens is 1. The van der Waals surface area contributed by atoms with Crippen molar-refractivity contribution in [3.8, 4) is 5.75 Å². The normalized spacial score (nSPS) is 9.44. The molecule has 0 aliphatic carbocycles. The minimum Gasteiger partial charge on any atom is -0.504 e. The Hall–Kier alpha value is -1.32. The average Bonchev–Trinajstić information content (AvgIpc) is 1.83. The van der Waals surface area contributed by atoms with Gasteiger partial charge in [0.15, 0.2) is 11.6 Å². The molecule has 0 saturated heterocycles. The Morgan fingerprint density at radius 3 is 2.67 bits per heavy atom. The predicted molar refractivity (Wildman–Crippen MR) is 30.3 cm³/mol. The van der Waals surface area contributed by atoms with Gasteiger partial charge in [0.25, 0.3) is 0 Å². The SMILES string of the molecule is Nc1c(O)cncc1F. The highest BCUT2D eigenvalue weighted by atomic mass is 19.1. The molecule has 0 bridgehead atoms. The van der Waals surface area contributed by atoms with E-state index in [9.17, 15) is 4.39 Å². The topological polar surface area (TPSA) is 59.1 Å². The van der Waals surface area contributed by atoms with Gasteiger partial charge < -0.3 is 10.8 Å². The van der Waals surface area contributed by atoms with Gasteiger partial charge in [0, 0.05) is 0 Å². The zero-order valence-electron chi connectivity index (χ0n) is 4.50. The summed E-state index contributed by atoms with van der Waals surface area (Å²) in [5, 5.41) is 8.67. The highest BCUT2D eigenvalue weighted by Gasteiger charge is 2.00. The molecule has 0 radical (unpaired) electrons. The zero-order valence-corrected chi connectivity index (χ0v) is 4.50. The Morgan fingerprint density at radius 1 is 1.56 bits per heavy atom. The van der Waals surface area contributed by atoms with E-state index < -0.39 is 5.82 Å². The number of aromatic hydroxyl groups is 1. The van der Waals surface area contributed by atoms with Crippen LogP contribution in [0.3, 0.4) is 0 Å². The Kier molecular flexibility index (Phi) is 1.22. The van der Waals surface area contributed by atoms with E-state index in [0.29, 0.717) is 0 Å². The number of pyridine rings is 1. The first-order valence-electron chi connectivity index (χ1n) is 2.30. The van der Waals surface area contributed by atoms with Gasteiger partial charge in [-0.25, -0.2) is 4.39 Å². The number of nitrogens with zero attached hydrogens (tertiary/aromatic N) is 1. The molecule has 9 heavy (non-hydrogen) atoms. The number of hydrogen-bond donors (Lipinski definition) is 2. The molecule has 0 unspecified atom stereocenters. The van der Waals surface area contributed by atoms with Crippen LogP contribution in [0.25, 0.3) is 0 Å². The summed E-state index contributed by atoms with van der Waals surface area (Å²) in [4.78, 5) is 3.34. The lowest BCUT2D eigenvalue weighted by Crippen LogP contribution is -1.90. The molecule has 0 saturated carbocycles. The molecule has 1 aromatic heterocycles. The Morgan fingerprint density at radius 2 is 2.22 bits per heavy atom. The molecule has 1 rings (SSSR count). The Labute approximate surface area is 51.0 Å². The van der Waals surface area contributed by atoms with E-state index in [1.807, 2.05) is 0 Å². The van der Waals surface area contributed by atoms with Crippen LogP contribution >= 0.6 is 0 Å². The highest BCUT2D eigenvalue weighted by Crippen LogP contribution is 2.19. The van der Waals surface area contributed by atoms with Crippen LogP contribution in [0, 0.1) is 5.82 Å². The van der Waals surface area contributed by atoms with E-state index in [0.717, 1.165) is 12.4 Å². The first kappa shape index (κ1) is 5.81. The number of nitrogens with two attached hydrogens (primary N) is 1. The minimum atomic E-state index is -0.699. The molecular weight excluding hydrogens is 123 g/mol. The maximum Gasteiger partial charge on any atom is 0.168 e. The third-order valence-corrected chi connectivity index (χ3v) is 0.918. The number of rotatable bonds is 0. The molecule has 4 heteroatoms. The molecule has 0 aliphatic heterocycles. The van der Waals surface area contributed by atoms with Crippen LogP contribution in [-0.2, 0) is 0 Å². The van der Waals surface area contributed by atoms with Crippen molar-refractivity contribution < 1.29 is 9.50 Å². The van der Waals surface area contributed by atoms with Gasteiger partial charge in [-0.2, -0.15) is 0 Å². The van der Waals surface area contributed by atoms with Crippen molar-refractivity contribution in [3.63, 3.8) is 0 Å². The molecule has 1 heterocycles. The second kappa shape index (κ2) is 1.89. The van der Waals surface area contributed by atoms with Crippen LogP contribution in [0.5, 0.6) is 5.75 Å². The number of hydrogen-bond acceptors (Lipinski definition) is 3. The first-order chi connectivity index (χ1) is 4.22. The fourth-order valence-electron chi connectivity index (χ4n) is 0.435. The smallest absolute Gasteiger partial charge is 0.168 e. The van der Waals surface area contributed by atoms with E-state index in [1.165, 1.54) is 0 Å². The second-order valence-electron chi connectivity index (χ2n) is 1.55. The van der Waals surface area contributed by atoms with Crippen molar-refractivity contribution in [1.82, 2.24) is 4.98 Å². The van der Waals surface area contributed by atoms with Crippen molar-refractivity contribution in [2.75, 3.05) is 5.73 Å². The van der Waals surface area contributed by atoms with Crippen molar-refractivity contribution in [3.05, 3.63) is 18.2 Å². The maximum absolute atomic E-state index is 12.2. The number of nitrogen functional groups attached to an aromatic ring is 1. The van der Waals surface area contributed by atoms with Gasteiger partial charge in [-0.1, -0.05) is 0 Å². The molecule has 3 nitrogen and oxygen atoms in total. The maximum atomic E-state index is 12.2. The van der Waals surface area contributed by atoms with Crippen LogP contribution in [0.2, 0.25) is 0 Å². The molecule has 1 aromatic rings. The summed E-state index contributed by atoms with van der Waals surface area (Å²) < 4.78 is 12.2. The molecule has 3 N–H and O–H groups in total. The standard InChI is InChI=1S/C5H5FN2O/c6-3-1-8-2-4(9)5(3)7/h1-2,9H,(H2,7,8). The molecule has 0 fully saturated rings. The van der Waals surface area contributed by atoms with Crippen molar-refractivity contribution in [2.45, 2.75) is 0 Å². The Bertz CT molecular complexity index is 206. The van der Waals surface area contributed by atoms with E-state index in [1.54, 1.807) is 0 Å². The van der Waals surface area contributed by atoms with Crippen molar-refractivity contribution in [2.24, 2.45) is 0 Å². The molecule has 0 amide bonds. The van der Waals surface area contributed by atoms with Gasteiger partial charge in [-0.15, -0.1) is 0 Å². The fraction of sp³-hybridized carbons (Fsp3) is 0. The quantitative estimate of drug-likeness (QED) is 0.535. The summed E-state index contributed by atoms with van der Waals surface area (Å²) in [6.45, 7) is 0. The molecule has 0 aromatic carbocycles. The van der Waals surface area contributed by atoms with Gasteiger partial charge in [-0.3, -0.25) is 4.98 Å². The van der Waals surface area contributed by atoms with E-state index in [-0.39, 0.29) is 11.4 Å². The van der Waals surface area contributed by atoms with Crippen molar-refractivity contribution in [1.29, 1.82) is 0 Å². The third-order valence-electron chi connectivity index (χ3n) is 0.918. The second-order valence-corrected chi connectivity index (χ2v) is 1.55. The zero-order chi connectivity index (χ0) is 6.85. The summed E-state index contributed by atoms with van der Waals surface area (Å²) >= 11 is 0. The molecular formula is C5H5FN2O. The molecule has 48 valence electrons. The monoisotopic (exact) mass is 128 g/mol. The van der Waals surface area contributed by atoms with Crippen LogP contribution in [0.4, 0.5) is 10.1 Å². The summed E-state index contributed by atoms with van der Waals surface area (Å²) in [5.41, 5.74) is 4.76. The van der Waals surface area contributed by atoms with E-state index >= 15 is 0 Å². The number of anilines is 1. The lowest BCUT2D eigenvalue weighted by molar-refractivity contribution is 0.469. The predicted octanol–water partition coefficient (Wildman–Crippen LogP) is 0.508. The number of aromatic nitrogens is 1. The highest BCUT2D eigenvalue weighted by molar-refractivity contribution is 5.49. The van der Waals surface area contributed by atoms with Gasteiger partial charge in [-0.05, 0) is 0 Å². The first-order valence-corrected chi connectivity index (χ1v) is 2.30. The van der Waals surface area contributed by atoms with Gasteiger partial charge in [0.1, 0.15) is 5.69 Å². The van der Waals surface area contributed by atoms with E-state index in [2.05, 4.69) is 4.98 Å². The van der Waals surface area contributed by atoms with Gasteiger partial charge in [0.05, 0.1) is 12.4 Å². The third kappa shape index (κ3) is 0.910. The Balaban J connectivity index is 3.25. The van der Waals surface area contributed by atoms with Crippen LogP contribution in [-0.4, -0.2) is 10.1 Å². The molecule has 0 atom stereocenters. The van der Waals surface area contributed by atoms with Crippen LogP contribution in [0.15, 0.2) is 12.4 Å².